The first kappa shape index (κ1) is 28.2. The van der Waals surface area contributed by atoms with Crippen LogP contribution in [-0.4, -0.2) is 55.3 Å². The molecule has 3 fully saturated rings. The van der Waals surface area contributed by atoms with Gasteiger partial charge < -0.3 is 20.4 Å². The van der Waals surface area contributed by atoms with E-state index < -0.39 is 0 Å². The van der Waals surface area contributed by atoms with E-state index in [1.54, 1.807) is 0 Å². The minimum absolute atomic E-state index is 0.00402. The van der Waals surface area contributed by atoms with Crippen molar-refractivity contribution in [3.63, 3.8) is 0 Å². The van der Waals surface area contributed by atoms with E-state index in [0.717, 1.165) is 51.0 Å². The van der Waals surface area contributed by atoms with Crippen molar-refractivity contribution in [2.24, 2.45) is 17.8 Å². The van der Waals surface area contributed by atoms with Crippen LogP contribution in [-0.2, 0) is 9.59 Å². The Hall–Kier alpha value is -3.35. The minimum Gasteiger partial charge on any atom is -0.371 e. The lowest BCUT2D eigenvalue weighted by molar-refractivity contribution is -0.127. The molecule has 0 aromatic heterocycles. The van der Waals surface area contributed by atoms with E-state index in [0.29, 0.717) is 49.2 Å². The van der Waals surface area contributed by atoms with Gasteiger partial charge in [0, 0.05) is 62.5 Å². The van der Waals surface area contributed by atoms with Gasteiger partial charge in [0.25, 0.3) is 5.91 Å². The molecular formula is C33H44N4O3. The number of benzene rings is 2. The quantitative estimate of drug-likeness (QED) is 0.395. The molecule has 3 aliphatic rings. The Kier molecular flexibility index (Phi) is 8.77. The molecule has 0 spiro atoms. The molecule has 7 heteroatoms. The molecule has 2 aromatic rings. The van der Waals surface area contributed by atoms with Gasteiger partial charge in [0.2, 0.25) is 11.8 Å². The standard InChI is InChI=1S/C33H44N4O3/c1-22(2)20-30(38)35-28-21-24(33(40)34-15-7-17-37-16-6-10-31(37)39)11-12-27(28)32-25-13-18-36(19-14-26(25)32)29-9-5-4-8-23(29)3/h4-5,8-9,11-12,21-22,25-26,32H,6-7,10,13-20H2,1-3H3,(H,34,40)(H,35,38)/t25-,26?,32?/m1/s1. The number of carbonyl (C=O) groups is 3. The number of aryl methyl sites for hydroxylation is 1. The third-order valence-electron chi connectivity index (χ3n) is 8.86. The fourth-order valence-electron chi connectivity index (χ4n) is 6.76. The summed E-state index contributed by atoms with van der Waals surface area (Å²) in [4.78, 5) is 42.0. The van der Waals surface area contributed by atoms with Crippen LogP contribution in [0.4, 0.5) is 11.4 Å². The van der Waals surface area contributed by atoms with Crippen molar-refractivity contribution < 1.29 is 14.4 Å². The number of likely N-dealkylation sites (tertiary alicyclic amines) is 1. The van der Waals surface area contributed by atoms with Crippen LogP contribution in [0.3, 0.4) is 0 Å². The van der Waals surface area contributed by atoms with Gasteiger partial charge >= 0.3 is 0 Å². The van der Waals surface area contributed by atoms with Gasteiger partial charge in [-0.1, -0.05) is 38.1 Å². The number of para-hydroxylation sites is 1. The van der Waals surface area contributed by atoms with Gasteiger partial charge in [0.15, 0.2) is 0 Å². The zero-order valence-electron chi connectivity index (χ0n) is 24.2. The topological polar surface area (TPSA) is 81.8 Å². The van der Waals surface area contributed by atoms with Crippen molar-refractivity contribution >= 4 is 29.1 Å². The molecule has 214 valence electrons. The van der Waals surface area contributed by atoms with Gasteiger partial charge in [-0.15, -0.1) is 0 Å². The lowest BCUT2D eigenvalue weighted by Gasteiger charge is -2.26. The maximum Gasteiger partial charge on any atom is 0.251 e. The average molecular weight is 545 g/mol. The predicted octanol–water partition coefficient (Wildman–Crippen LogP) is 5.35. The number of carbonyl (C=O) groups excluding carboxylic acids is 3. The number of amides is 3. The van der Waals surface area contributed by atoms with Gasteiger partial charge in [0.05, 0.1) is 0 Å². The van der Waals surface area contributed by atoms with Crippen LogP contribution in [0, 0.1) is 24.7 Å². The maximum atomic E-state index is 13.0. The monoisotopic (exact) mass is 544 g/mol. The van der Waals surface area contributed by atoms with Gasteiger partial charge in [-0.2, -0.15) is 0 Å². The van der Waals surface area contributed by atoms with Crippen LogP contribution in [0.5, 0.6) is 0 Å². The van der Waals surface area contributed by atoms with E-state index in [-0.39, 0.29) is 23.6 Å². The van der Waals surface area contributed by atoms with Crippen LogP contribution in [0.2, 0.25) is 0 Å². The molecule has 3 amide bonds. The van der Waals surface area contributed by atoms with Gasteiger partial charge in [-0.25, -0.2) is 0 Å². The van der Waals surface area contributed by atoms with Gasteiger partial charge in [0.1, 0.15) is 0 Å². The molecule has 1 saturated carbocycles. The number of fused-ring (bicyclic) bond motifs is 1. The van der Waals surface area contributed by atoms with Crippen molar-refractivity contribution in [3.05, 3.63) is 59.2 Å². The first-order valence-electron chi connectivity index (χ1n) is 15.1. The van der Waals surface area contributed by atoms with Crippen LogP contribution >= 0.6 is 0 Å². The highest BCUT2D eigenvalue weighted by Gasteiger charge is 2.52. The van der Waals surface area contributed by atoms with Crippen LogP contribution in [0.25, 0.3) is 0 Å². The van der Waals surface area contributed by atoms with Crippen molar-refractivity contribution in [2.45, 2.75) is 65.2 Å². The van der Waals surface area contributed by atoms with E-state index in [2.05, 4.69) is 52.8 Å². The predicted molar refractivity (Wildman–Crippen MR) is 160 cm³/mol. The summed E-state index contributed by atoms with van der Waals surface area (Å²) >= 11 is 0. The molecule has 2 N–H and O–H groups in total. The largest absolute Gasteiger partial charge is 0.371 e. The Balaban J connectivity index is 1.24. The zero-order valence-corrected chi connectivity index (χ0v) is 24.2. The average Bonchev–Trinajstić information content (AvgIpc) is 3.52. The van der Waals surface area contributed by atoms with E-state index in [1.807, 2.05) is 30.9 Å². The van der Waals surface area contributed by atoms with Crippen LogP contribution in [0.1, 0.15) is 79.8 Å². The highest BCUT2D eigenvalue weighted by molar-refractivity contribution is 5.98. The van der Waals surface area contributed by atoms with Crippen molar-refractivity contribution in [2.75, 3.05) is 42.9 Å². The number of hydrogen-bond acceptors (Lipinski definition) is 4. The summed E-state index contributed by atoms with van der Waals surface area (Å²) in [6, 6.07) is 14.5. The number of nitrogens with zero attached hydrogens (tertiary/aromatic N) is 2. The van der Waals surface area contributed by atoms with Crippen LogP contribution < -0.4 is 15.5 Å². The summed E-state index contributed by atoms with van der Waals surface area (Å²) in [6.45, 7) is 10.4. The molecule has 2 saturated heterocycles. The Morgan fingerprint density at radius 2 is 1.77 bits per heavy atom. The highest BCUT2D eigenvalue weighted by Crippen LogP contribution is 2.60. The fraction of sp³-hybridized carbons (Fsp3) is 0.545. The maximum absolute atomic E-state index is 13.0. The molecule has 3 atom stereocenters. The molecule has 2 aromatic carbocycles. The molecular weight excluding hydrogens is 500 g/mol. The van der Waals surface area contributed by atoms with Gasteiger partial charge in [-0.3, -0.25) is 14.4 Å². The third-order valence-corrected chi connectivity index (χ3v) is 8.86. The van der Waals surface area contributed by atoms with Crippen molar-refractivity contribution in [3.8, 4) is 0 Å². The molecule has 2 aliphatic heterocycles. The molecule has 2 heterocycles. The molecule has 0 bridgehead atoms. The number of hydrogen-bond donors (Lipinski definition) is 2. The minimum atomic E-state index is -0.141. The SMILES string of the molecule is Cc1ccccc1N1CCC2C(c3ccc(C(=O)NCCCN4CCCC4=O)cc3NC(=O)CC(C)C)[C@@H]2CC1. The van der Waals surface area contributed by atoms with E-state index in [9.17, 15) is 14.4 Å². The van der Waals surface area contributed by atoms with Crippen molar-refractivity contribution in [1.29, 1.82) is 0 Å². The molecule has 1 aliphatic carbocycles. The smallest absolute Gasteiger partial charge is 0.251 e. The lowest BCUT2D eigenvalue weighted by atomic mass is 10.00. The fourth-order valence-corrected chi connectivity index (χ4v) is 6.76. The Morgan fingerprint density at radius 3 is 2.45 bits per heavy atom. The second-order valence-electron chi connectivity index (χ2n) is 12.2. The number of nitrogens with one attached hydrogen (secondary N) is 2. The second kappa shape index (κ2) is 12.4. The normalized spacial score (nSPS) is 22.2. The summed E-state index contributed by atoms with van der Waals surface area (Å²) in [5.74, 6) is 1.95. The Morgan fingerprint density at radius 1 is 1.02 bits per heavy atom. The molecule has 40 heavy (non-hydrogen) atoms. The summed E-state index contributed by atoms with van der Waals surface area (Å²) < 4.78 is 0. The van der Waals surface area contributed by atoms with Crippen LogP contribution in [0.15, 0.2) is 42.5 Å². The molecule has 0 radical (unpaired) electrons. The molecule has 7 nitrogen and oxygen atoms in total. The first-order chi connectivity index (χ1) is 19.3. The zero-order chi connectivity index (χ0) is 28.2. The second-order valence-corrected chi connectivity index (χ2v) is 12.2. The van der Waals surface area contributed by atoms with E-state index >= 15 is 0 Å². The number of rotatable bonds is 10. The third kappa shape index (κ3) is 6.51. The van der Waals surface area contributed by atoms with E-state index in [4.69, 9.17) is 0 Å². The summed E-state index contributed by atoms with van der Waals surface area (Å²) in [5.41, 5.74) is 5.18. The molecule has 5 rings (SSSR count). The molecule has 2 unspecified atom stereocenters. The van der Waals surface area contributed by atoms with Crippen molar-refractivity contribution in [1.82, 2.24) is 10.2 Å². The first-order valence-corrected chi connectivity index (χ1v) is 15.1. The summed E-state index contributed by atoms with van der Waals surface area (Å²) in [6.07, 6.45) is 5.01. The van der Waals surface area contributed by atoms with Gasteiger partial charge in [-0.05, 0) is 85.6 Å². The number of anilines is 2. The Bertz CT molecular complexity index is 1230. The van der Waals surface area contributed by atoms with E-state index in [1.165, 1.54) is 16.8 Å². The summed E-state index contributed by atoms with van der Waals surface area (Å²) in [5, 5.41) is 6.16. The Labute approximate surface area is 238 Å². The summed E-state index contributed by atoms with van der Waals surface area (Å²) in [7, 11) is 0. The highest BCUT2D eigenvalue weighted by atomic mass is 16.2. The lowest BCUT2D eigenvalue weighted by Crippen LogP contribution is -2.30.